The van der Waals surface area contributed by atoms with Crippen LogP contribution in [0, 0.1) is 0 Å². The lowest BCUT2D eigenvalue weighted by molar-refractivity contribution is -0.128. The Morgan fingerprint density at radius 3 is 2.54 bits per heavy atom. The van der Waals surface area contributed by atoms with Gasteiger partial charge in [0.1, 0.15) is 5.75 Å². The van der Waals surface area contributed by atoms with E-state index in [1.165, 1.54) is 24.3 Å². The minimum Gasteiger partial charge on any atom is -0.508 e. The number of hydrogen-bond acceptors (Lipinski definition) is 2. The lowest BCUT2D eigenvalue weighted by Gasteiger charge is -2.09. The van der Waals surface area contributed by atoms with Crippen molar-refractivity contribution in [3.63, 3.8) is 0 Å². The minimum atomic E-state index is -3.40. The Hall–Kier alpha value is -1.45. The number of benzene rings is 1. The molecular formula is C9H8F2O2. The van der Waals surface area contributed by atoms with E-state index in [-0.39, 0.29) is 11.3 Å². The molecule has 1 N–H and O–H groups in total. The van der Waals surface area contributed by atoms with Gasteiger partial charge in [-0.05, 0) is 6.07 Å². The number of aldehydes is 1. The number of halogens is 2. The molecule has 0 aliphatic heterocycles. The van der Waals surface area contributed by atoms with Crippen LogP contribution in [-0.2, 0) is 11.2 Å². The largest absolute Gasteiger partial charge is 0.508 e. The lowest BCUT2D eigenvalue weighted by Crippen LogP contribution is -2.20. The summed E-state index contributed by atoms with van der Waals surface area (Å²) in [6.07, 6.45) is -1.18. The summed E-state index contributed by atoms with van der Waals surface area (Å²) in [6, 6.07) is 5.71. The second-order valence-electron chi connectivity index (χ2n) is 2.68. The summed E-state index contributed by atoms with van der Waals surface area (Å²) in [7, 11) is 0. The van der Waals surface area contributed by atoms with Crippen molar-refractivity contribution in [1.29, 1.82) is 0 Å². The molecule has 0 fully saturated rings. The van der Waals surface area contributed by atoms with Crippen LogP contribution < -0.4 is 0 Å². The molecule has 0 spiro atoms. The van der Waals surface area contributed by atoms with Crippen LogP contribution in [0.1, 0.15) is 5.56 Å². The van der Waals surface area contributed by atoms with Crippen molar-refractivity contribution in [3.05, 3.63) is 29.8 Å². The van der Waals surface area contributed by atoms with Gasteiger partial charge in [0, 0.05) is 12.0 Å². The second-order valence-corrected chi connectivity index (χ2v) is 2.68. The Kier molecular flexibility index (Phi) is 2.60. The van der Waals surface area contributed by atoms with Crippen LogP contribution in [-0.4, -0.2) is 17.3 Å². The first-order valence-electron chi connectivity index (χ1n) is 3.66. The fourth-order valence-corrected chi connectivity index (χ4v) is 0.956. The van der Waals surface area contributed by atoms with Crippen molar-refractivity contribution in [2.75, 3.05) is 0 Å². The van der Waals surface area contributed by atoms with Crippen LogP contribution in [0.2, 0.25) is 0 Å². The van der Waals surface area contributed by atoms with E-state index in [0.717, 1.165) is 0 Å². The SMILES string of the molecule is O=CC(F)(F)Cc1ccccc1O. The van der Waals surface area contributed by atoms with Gasteiger partial charge in [0.25, 0.3) is 0 Å². The number of para-hydroxylation sites is 1. The molecule has 0 saturated heterocycles. The number of phenols is 1. The Morgan fingerprint density at radius 2 is 2.00 bits per heavy atom. The van der Waals surface area contributed by atoms with Gasteiger partial charge in [-0.1, -0.05) is 18.2 Å². The fourth-order valence-electron chi connectivity index (χ4n) is 0.956. The first-order chi connectivity index (χ1) is 6.05. The van der Waals surface area contributed by atoms with E-state index in [1.54, 1.807) is 0 Å². The Labute approximate surface area is 73.8 Å². The molecule has 13 heavy (non-hydrogen) atoms. The molecule has 2 nitrogen and oxygen atoms in total. The maximum atomic E-state index is 12.5. The van der Waals surface area contributed by atoms with Crippen LogP contribution >= 0.6 is 0 Å². The van der Waals surface area contributed by atoms with Crippen molar-refractivity contribution in [1.82, 2.24) is 0 Å². The summed E-state index contributed by atoms with van der Waals surface area (Å²) in [6.45, 7) is 0. The Morgan fingerprint density at radius 1 is 1.38 bits per heavy atom. The Bertz CT molecular complexity index is 310. The number of carbonyl (C=O) groups is 1. The van der Waals surface area contributed by atoms with Crippen LogP contribution in [0.4, 0.5) is 8.78 Å². The fraction of sp³-hybridized carbons (Fsp3) is 0.222. The van der Waals surface area contributed by atoms with E-state index in [9.17, 15) is 13.6 Å². The quantitative estimate of drug-likeness (QED) is 0.730. The summed E-state index contributed by atoms with van der Waals surface area (Å²) >= 11 is 0. The molecule has 0 aliphatic carbocycles. The first-order valence-corrected chi connectivity index (χ1v) is 3.66. The van der Waals surface area contributed by atoms with E-state index in [1.807, 2.05) is 0 Å². The average Bonchev–Trinajstić information content (AvgIpc) is 2.09. The van der Waals surface area contributed by atoms with Crippen LogP contribution in [0.3, 0.4) is 0 Å². The maximum Gasteiger partial charge on any atom is 0.306 e. The molecule has 1 aromatic carbocycles. The predicted octanol–water partition coefficient (Wildman–Crippen LogP) is 1.77. The molecular weight excluding hydrogens is 178 g/mol. The molecule has 0 radical (unpaired) electrons. The number of rotatable bonds is 3. The van der Waals surface area contributed by atoms with Gasteiger partial charge < -0.3 is 5.11 Å². The Balaban J connectivity index is 2.86. The summed E-state index contributed by atoms with van der Waals surface area (Å²) < 4.78 is 25.1. The average molecular weight is 186 g/mol. The number of aromatic hydroxyl groups is 1. The standard InChI is InChI=1S/C9H8F2O2/c10-9(11,6-12)5-7-3-1-2-4-8(7)13/h1-4,6,13H,5H2. The van der Waals surface area contributed by atoms with E-state index in [4.69, 9.17) is 5.11 Å². The molecule has 0 atom stereocenters. The van der Waals surface area contributed by atoms with Crippen molar-refractivity contribution in [2.45, 2.75) is 12.3 Å². The molecule has 0 aliphatic rings. The maximum absolute atomic E-state index is 12.5. The van der Waals surface area contributed by atoms with Crippen LogP contribution in [0.5, 0.6) is 5.75 Å². The molecule has 0 heterocycles. The number of phenolic OH excluding ortho intramolecular Hbond substituents is 1. The van der Waals surface area contributed by atoms with Gasteiger partial charge >= 0.3 is 5.92 Å². The minimum absolute atomic E-state index is 0.0691. The third-order valence-electron chi connectivity index (χ3n) is 1.59. The van der Waals surface area contributed by atoms with E-state index in [2.05, 4.69) is 0 Å². The van der Waals surface area contributed by atoms with Crippen molar-refractivity contribution < 1.29 is 18.7 Å². The molecule has 4 heteroatoms. The summed E-state index contributed by atoms with van der Waals surface area (Å²) in [5, 5.41) is 9.12. The van der Waals surface area contributed by atoms with Gasteiger partial charge in [-0.15, -0.1) is 0 Å². The number of alkyl halides is 2. The molecule has 0 unspecified atom stereocenters. The molecule has 70 valence electrons. The molecule has 0 aromatic heterocycles. The van der Waals surface area contributed by atoms with Gasteiger partial charge in [-0.3, -0.25) is 4.79 Å². The second kappa shape index (κ2) is 3.51. The highest BCUT2D eigenvalue weighted by molar-refractivity contribution is 5.60. The van der Waals surface area contributed by atoms with Crippen LogP contribution in [0.15, 0.2) is 24.3 Å². The van der Waals surface area contributed by atoms with Gasteiger partial charge in [0.05, 0.1) is 0 Å². The van der Waals surface area contributed by atoms with Crippen molar-refractivity contribution in [3.8, 4) is 5.75 Å². The smallest absolute Gasteiger partial charge is 0.306 e. The van der Waals surface area contributed by atoms with Crippen LogP contribution in [0.25, 0.3) is 0 Å². The summed E-state index contributed by atoms with van der Waals surface area (Å²) in [5.74, 6) is -3.62. The number of hydrogen-bond donors (Lipinski definition) is 1. The summed E-state index contributed by atoms with van der Waals surface area (Å²) in [5.41, 5.74) is 0.0691. The van der Waals surface area contributed by atoms with Gasteiger partial charge in [-0.2, -0.15) is 8.78 Å². The molecule has 0 bridgehead atoms. The zero-order chi connectivity index (χ0) is 9.90. The molecule has 1 aromatic rings. The van der Waals surface area contributed by atoms with E-state index >= 15 is 0 Å². The highest BCUT2D eigenvalue weighted by atomic mass is 19.3. The summed E-state index contributed by atoms with van der Waals surface area (Å²) in [4.78, 5) is 9.91. The van der Waals surface area contributed by atoms with Crippen molar-refractivity contribution >= 4 is 6.29 Å². The predicted molar refractivity (Wildman–Crippen MR) is 42.8 cm³/mol. The topological polar surface area (TPSA) is 37.3 Å². The molecule has 0 amide bonds. The monoisotopic (exact) mass is 186 g/mol. The number of carbonyl (C=O) groups excluding carboxylic acids is 1. The van der Waals surface area contributed by atoms with E-state index < -0.39 is 18.6 Å². The first kappa shape index (κ1) is 9.64. The third-order valence-corrected chi connectivity index (χ3v) is 1.59. The van der Waals surface area contributed by atoms with Gasteiger partial charge in [-0.25, -0.2) is 0 Å². The van der Waals surface area contributed by atoms with E-state index in [0.29, 0.717) is 0 Å². The normalized spacial score (nSPS) is 11.2. The molecule has 0 saturated carbocycles. The highest BCUT2D eigenvalue weighted by Crippen LogP contribution is 2.23. The zero-order valence-corrected chi connectivity index (χ0v) is 6.71. The molecule has 1 rings (SSSR count). The highest BCUT2D eigenvalue weighted by Gasteiger charge is 2.29. The third kappa shape index (κ3) is 2.50. The van der Waals surface area contributed by atoms with Gasteiger partial charge in [0.2, 0.25) is 0 Å². The van der Waals surface area contributed by atoms with Crippen molar-refractivity contribution in [2.24, 2.45) is 0 Å². The van der Waals surface area contributed by atoms with Gasteiger partial charge in [0.15, 0.2) is 6.29 Å². The lowest BCUT2D eigenvalue weighted by atomic mass is 10.1. The zero-order valence-electron chi connectivity index (χ0n) is 6.71.